The van der Waals surface area contributed by atoms with Gasteiger partial charge in [0.25, 0.3) is 0 Å². The van der Waals surface area contributed by atoms with E-state index >= 15 is 0 Å². The third kappa shape index (κ3) is 3.89. The number of hydrogen-bond acceptors (Lipinski definition) is 6. The Morgan fingerprint density at radius 2 is 1.85 bits per heavy atom. The second-order valence-electron chi connectivity index (χ2n) is 8.61. The van der Waals surface area contributed by atoms with Gasteiger partial charge in [0, 0.05) is 53.3 Å². The first-order valence-electron chi connectivity index (χ1n) is 11.2. The van der Waals surface area contributed by atoms with E-state index in [0.717, 1.165) is 27.7 Å². The van der Waals surface area contributed by atoms with Crippen molar-refractivity contribution in [1.29, 1.82) is 0 Å². The van der Waals surface area contributed by atoms with E-state index in [2.05, 4.69) is 34.7 Å². The van der Waals surface area contributed by atoms with Gasteiger partial charge in [-0.25, -0.2) is 0 Å². The molecule has 5 rings (SSSR count). The maximum absolute atomic E-state index is 13.3. The monoisotopic (exact) mass is 492 g/mol. The molecule has 0 bridgehead atoms. The smallest absolute Gasteiger partial charge is 0.225 e. The molecule has 0 N–H and O–H groups in total. The van der Waals surface area contributed by atoms with Crippen molar-refractivity contribution in [2.75, 3.05) is 26.2 Å². The first-order valence-corrected chi connectivity index (χ1v) is 12.4. The average molecular weight is 493 g/mol. The van der Waals surface area contributed by atoms with Crippen LogP contribution in [0.25, 0.3) is 5.00 Å². The lowest BCUT2D eigenvalue weighted by atomic mass is 9.99. The molecule has 1 saturated heterocycles. The van der Waals surface area contributed by atoms with Crippen molar-refractivity contribution in [2.45, 2.75) is 33.2 Å². The fourth-order valence-corrected chi connectivity index (χ4v) is 5.85. The van der Waals surface area contributed by atoms with Crippen LogP contribution in [-0.2, 0) is 4.79 Å². The highest BCUT2D eigenvalue weighted by molar-refractivity contribution is 7.15. The van der Waals surface area contributed by atoms with Crippen molar-refractivity contribution in [1.82, 2.24) is 24.6 Å². The van der Waals surface area contributed by atoms with Crippen LogP contribution in [0.4, 0.5) is 0 Å². The van der Waals surface area contributed by atoms with Crippen molar-refractivity contribution in [3.63, 3.8) is 0 Å². The molecular weight excluding hydrogens is 468 g/mol. The molecule has 2 aromatic heterocycles. The number of thiophene rings is 1. The zero-order valence-corrected chi connectivity index (χ0v) is 20.9. The lowest BCUT2D eigenvalue weighted by Crippen LogP contribution is -2.47. The predicted octanol–water partition coefficient (Wildman–Crippen LogP) is 3.92. The van der Waals surface area contributed by atoms with Crippen LogP contribution in [0.2, 0.25) is 5.02 Å². The fraction of sp³-hybridized carbons (Fsp3) is 0.360. The molecule has 3 aromatic rings. The van der Waals surface area contributed by atoms with Gasteiger partial charge in [0.1, 0.15) is 16.9 Å². The molecule has 2 aliphatic rings. The maximum atomic E-state index is 13.3. The van der Waals surface area contributed by atoms with E-state index in [0.29, 0.717) is 37.0 Å². The maximum Gasteiger partial charge on any atom is 0.225 e. The summed E-state index contributed by atoms with van der Waals surface area (Å²) < 4.78 is 2.07. The molecule has 1 fully saturated rings. The summed E-state index contributed by atoms with van der Waals surface area (Å²) in [6.07, 6.45) is 5.73. The molecule has 174 valence electrons. The van der Waals surface area contributed by atoms with Gasteiger partial charge in [-0.1, -0.05) is 30.2 Å². The van der Waals surface area contributed by atoms with Crippen molar-refractivity contribution >= 4 is 34.6 Å². The molecule has 2 aliphatic heterocycles. The SMILES string of the molecule is C#CN1CCN(C(=O)CC2N=C(c3ccc(Cl)cc3)c3c(sc(C)c3C)-n3c(C)nnc32)CC1. The van der Waals surface area contributed by atoms with Gasteiger partial charge in [-0.3, -0.25) is 14.4 Å². The summed E-state index contributed by atoms with van der Waals surface area (Å²) in [5.41, 5.74) is 4.05. The third-order valence-electron chi connectivity index (χ3n) is 6.54. The molecule has 0 saturated carbocycles. The van der Waals surface area contributed by atoms with Crippen LogP contribution in [0.15, 0.2) is 29.3 Å². The number of nitrogens with zero attached hydrogens (tertiary/aromatic N) is 6. The summed E-state index contributed by atoms with van der Waals surface area (Å²) >= 11 is 7.87. The van der Waals surface area contributed by atoms with Crippen molar-refractivity contribution in [2.24, 2.45) is 4.99 Å². The van der Waals surface area contributed by atoms with E-state index in [9.17, 15) is 4.79 Å². The highest BCUT2D eigenvalue weighted by atomic mass is 35.5. The second-order valence-corrected chi connectivity index (χ2v) is 10.2. The summed E-state index contributed by atoms with van der Waals surface area (Å²) in [6.45, 7) is 8.75. The standard InChI is InChI=1S/C25H25ClN6OS/c1-5-30-10-12-31(13-11-30)21(33)14-20-24-29-28-17(4)32(24)25-22(15(2)16(3)34-25)23(27-20)18-6-8-19(26)9-7-18/h1,6-9,20H,10-14H2,2-4H3. The molecule has 0 spiro atoms. The fourth-order valence-electron chi connectivity index (χ4n) is 4.51. The number of carbonyl (C=O) groups is 1. The average Bonchev–Trinajstić information content (AvgIpc) is 3.31. The van der Waals surface area contributed by atoms with Crippen LogP contribution in [0, 0.1) is 33.2 Å². The third-order valence-corrected chi connectivity index (χ3v) is 7.98. The zero-order valence-electron chi connectivity index (χ0n) is 19.4. The Balaban J connectivity index is 1.59. The van der Waals surface area contributed by atoms with Gasteiger partial charge >= 0.3 is 0 Å². The number of halogens is 1. The Kier molecular flexibility index (Phi) is 5.92. The number of carbonyl (C=O) groups excluding carboxylic acids is 1. The summed E-state index contributed by atoms with van der Waals surface area (Å²) in [6, 6.07) is 9.90. The lowest BCUT2D eigenvalue weighted by Gasteiger charge is -2.33. The molecular formula is C25H25ClN6OS. The number of rotatable bonds is 3. The van der Waals surface area contributed by atoms with Gasteiger partial charge in [0.2, 0.25) is 5.91 Å². The number of hydrogen-bond donors (Lipinski definition) is 0. The van der Waals surface area contributed by atoms with Crippen molar-refractivity contribution < 1.29 is 4.79 Å². The van der Waals surface area contributed by atoms with Crippen molar-refractivity contribution in [3.05, 3.63) is 62.5 Å². The van der Waals surface area contributed by atoms with E-state index in [-0.39, 0.29) is 12.3 Å². The Bertz CT molecular complexity index is 1320. The number of terminal acetylenes is 1. The molecule has 9 heteroatoms. The molecule has 1 amide bonds. The number of fused-ring (bicyclic) bond motifs is 3. The minimum atomic E-state index is -0.454. The predicted molar refractivity (Wildman–Crippen MR) is 135 cm³/mol. The molecule has 1 atom stereocenters. The summed E-state index contributed by atoms with van der Waals surface area (Å²) in [5, 5.41) is 10.6. The highest BCUT2D eigenvalue weighted by Crippen LogP contribution is 2.39. The van der Waals surface area contributed by atoms with Gasteiger partial charge in [-0.15, -0.1) is 21.5 Å². The number of benzene rings is 1. The summed E-state index contributed by atoms with van der Waals surface area (Å²) in [4.78, 5) is 23.5. The Labute approximate surface area is 208 Å². The topological polar surface area (TPSA) is 66.6 Å². The molecule has 0 aliphatic carbocycles. The quantitative estimate of drug-likeness (QED) is 0.520. The van der Waals surface area contributed by atoms with Gasteiger partial charge < -0.3 is 9.80 Å². The number of amides is 1. The number of aryl methyl sites for hydroxylation is 2. The number of aromatic nitrogens is 3. The van der Waals surface area contributed by atoms with E-state index in [1.54, 1.807) is 11.3 Å². The van der Waals surface area contributed by atoms with Crippen LogP contribution in [0.5, 0.6) is 0 Å². The van der Waals surface area contributed by atoms with E-state index in [1.165, 1.54) is 10.4 Å². The Morgan fingerprint density at radius 3 is 2.53 bits per heavy atom. The van der Waals surface area contributed by atoms with Crippen LogP contribution in [0.3, 0.4) is 0 Å². The Hall–Kier alpha value is -3.15. The minimum absolute atomic E-state index is 0.0474. The minimum Gasteiger partial charge on any atom is -0.339 e. The molecule has 4 heterocycles. The highest BCUT2D eigenvalue weighted by Gasteiger charge is 2.33. The first-order chi connectivity index (χ1) is 16.4. The van der Waals surface area contributed by atoms with E-state index in [1.807, 2.05) is 41.0 Å². The summed E-state index contributed by atoms with van der Waals surface area (Å²) in [5.74, 6) is 1.52. The molecule has 1 aromatic carbocycles. The van der Waals surface area contributed by atoms with Crippen LogP contribution in [0.1, 0.15) is 45.7 Å². The van der Waals surface area contributed by atoms with Crippen LogP contribution >= 0.6 is 22.9 Å². The number of piperazine rings is 1. The zero-order chi connectivity index (χ0) is 24.0. The second kappa shape index (κ2) is 8.90. The van der Waals surface area contributed by atoms with E-state index in [4.69, 9.17) is 23.0 Å². The van der Waals surface area contributed by atoms with Gasteiger partial charge in [0.05, 0.1) is 12.1 Å². The van der Waals surface area contributed by atoms with Gasteiger partial charge in [0.15, 0.2) is 5.82 Å². The summed E-state index contributed by atoms with van der Waals surface area (Å²) in [7, 11) is 0. The van der Waals surface area contributed by atoms with Crippen LogP contribution in [-0.4, -0.2) is 62.4 Å². The lowest BCUT2D eigenvalue weighted by molar-refractivity contribution is -0.132. The molecule has 7 nitrogen and oxygen atoms in total. The first kappa shape index (κ1) is 22.6. The van der Waals surface area contributed by atoms with Crippen LogP contribution < -0.4 is 0 Å². The van der Waals surface area contributed by atoms with Crippen molar-refractivity contribution in [3.8, 4) is 17.5 Å². The van der Waals surface area contributed by atoms with Gasteiger partial charge in [-0.05, 0) is 38.5 Å². The molecule has 34 heavy (non-hydrogen) atoms. The number of aliphatic imine (C=N–C) groups is 1. The molecule has 1 unspecified atom stereocenters. The van der Waals surface area contributed by atoms with E-state index < -0.39 is 6.04 Å². The Morgan fingerprint density at radius 1 is 1.15 bits per heavy atom. The largest absolute Gasteiger partial charge is 0.339 e. The molecule has 0 radical (unpaired) electrons. The van der Waals surface area contributed by atoms with Gasteiger partial charge in [-0.2, -0.15) is 0 Å². The normalized spacial score (nSPS) is 17.5.